The summed E-state index contributed by atoms with van der Waals surface area (Å²) in [6.07, 6.45) is 1.58. The molecule has 1 aromatic rings. The maximum atomic E-state index is 14.3. The number of hydrogen-bond donors (Lipinski definition) is 0. The lowest BCUT2D eigenvalue weighted by atomic mass is 10.2. The normalized spacial score (nSPS) is 12.1. The lowest BCUT2D eigenvalue weighted by molar-refractivity contribution is 0.334. The molecule has 2 nitrogen and oxygen atoms in total. The van der Waals surface area contributed by atoms with Gasteiger partial charge in [0.05, 0.1) is 0 Å². The third-order valence-electron chi connectivity index (χ3n) is 3.46. The van der Waals surface area contributed by atoms with Gasteiger partial charge in [-0.2, -0.15) is 4.39 Å². The van der Waals surface area contributed by atoms with E-state index in [1.165, 1.54) is 0 Å². The average molecular weight is 282 g/mol. The molecule has 106 valence electrons. The monoisotopic (exact) mass is 282 g/mol. The van der Waals surface area contributed by atoms with Gasteiger partial charge in [-0.05, 0) is 30.3 Å². The van der Waals surface area contributed by atoms with Crippen LogP contribution in [-0.4, -0.2) is 14.9 Å². The minimum Gasteiger partial charge on any atom is -0.541 e. The van der Waals surface area contributed by atoms with Crippen LogP contribution < -0.4 is 9.16 Å². The molecule has 0 aliphatic heterocycles. The molecule has 0 spiro atoms. The minimum absolute atomic E-state index is 0.0252. The highest BCUT2D eigenvalue weighted by molar-refractivity contribution is 6.74. The second-order valence-electron chi connectivity index (χ2n) is 6.03. The Kier molecular flexibility index (Phi) is 4.79. The molecule has 0 heterocycles. The molecule has 0 bridgehead atoms. The second kappa shape index (κ2) is 5.78. The predicted octanol–water partition coefficient (Wildman–Crippen LogP) is 4.77. The lowest BCUT2D eigenvalue weighted by Crippen LogP contribution is -2.44. The number of hydrogen-bond acceptors (Lipinski definition) is 2. The largest absolute Gasteiger partial charge is 0.541 e. The van der Waals surface area contributed by atoms with Crippen molar-refractivity contribution in [2.45, 2.75) is 38.9 Å². The van der Waals surface area contributed by atoms with Gasteiger partial charge in [-0.1, -0.05) is 39.5 Å². The van der Waals surface area contributed by atoms with Crippen molar-refractivity contribution in [3.8, 4) is 11.5 Å². The van der Waals surface area contributed by atoms with E-state index in [0.717, 1.165) is 0 Å². The topological polar surface area (TPSA) is 18.5 Å². The third-order valence-corrected chi connectivity index (χ3v) is 7.80. The van der Waals surface area contributed by atoms with Crippen molar-refractivity contribution in [1.82, 2.24) is 0 Å². The summed E-state index contributed by atoms with van der Waals surface area (Å²) in [6.45, 7) is 14.4. The van der Waals surface area contributed by atoms with E-state index >= 15 is 0 Å². The van der Waals surface area contributed by atoms with Crippen LogP contribution in [0, 0.1) is 5.82 Å². The Hall–Kier alpha value is -1.29. The highest BCUT2D eigenvalue weighted by atomic mass is 28.4. The molecule has 0 aromatic heterocycles. The molecule has 0 radical (unpaired) electrons. The van der Waals surface area contributed by atoms with Crippen molar-refractivity contribution in [2.24, 2.45) is 0 Å². The van der Waals surface area contributed by atoms with E-state index in [2.05, 4.69) is 40.4 Å². The van der Waals surface area contributed by atoms with E-state index < -0.39 is 14.1 Å². The van der Waals surface area contributed by atoms with Crippen molar-refractivity contribution in [3.05, 3.63) is 36.7 Å². The van der Waals surface area contributed by atoms with Crippen molar-refractivity contribution >= 4 is 8.32 Å². The average Bonchev–Trinajstić information content (AvgIpc) is 2.28. The Morgan fingerprint density at radius 3 is 2.37 bits per heavy atom. The maximum absolute atomic E-state index is 14.3. The molecule has 1 aromatic carbocycles. The number of ether oxygens (including phenoxy) is 1. The fraction of sp³-hybridized carbons (Fsp3) is 0.467. The maximum Gasteiger partial charge on any atom is 0.250 e. The van der Waals surface area contributed by atoms with Crippen LogP contribution in [0.3, 0.4) is 0 Å². The number of halogens is 1. The summed E-state index contributed by atoms with van der Waals surface area (Å²) < 4.78 is 25.5. The predicted molar refractivity (Wildman–Crippen MR) is 79.9 cm³/mol. The van der Waals surface area contributed by atoms with Gasteiger partial charge in [0.2, 0.25) is 5.82 Å². The number of rotatable bonds is 5. The fourth-order valence-corrected chi connectivity index (χ4v) is 2.27. The molecule has 0 atom stereocenters. The first kappa shape index (κ1) is 15.8. The first-order valence-corrected chi connectivity index (χ1v) is 9.31. The standard InChI is InChI=1S/C15H23FO2Si/c1-7-11-17-12-9-8-10-13(14(12)16)18-19(5,6)15(2,3)4/h7-10H,1,11H2,2-6H3. The van der Waals surface area contributed by atoms with Crippen LogP contribution >= 0.6 is 0 Å². The smallest absolute Gasteiger partial charge is 0.250 e. The van der Waals surface area contributed by atoms with E-state index in [1.54, 1.807) is 24.3 Å². The van der Waals surface area contributed by atoms with Gasteiger partial charge in [0.25, 0.3) is 8.32 Å². The Morgan fingerprint density at radius 2 is 1.84 bits per heavy atom. The van der Waals surface area contributed by atoms with Crippen molar-refractivity contribution in [3.63, 3.8) is 0 Å². The minimum atomic E-state index is -2.05. The van der Waals surface area contributed by atoms with Gasteiger partial charge in [-0.25, -0.2) is 0 Å². The lowest BCUT2D eigenvalue weighted by Gasteiger charge is -2.36. The van der Waals surface area contributed by atoms with Crippen LogP contribution in [0.4, 0.5) is 4.39 Å². The zero-order chi connectivity index (χ0) is 14.7. The van der Waals surface area contributed by atoms with Gasteiger partial charge in [0.15, 0.2) is 5.75 Å². The zero-order valence-electron chi connectivity index (χ0n) is 12.4. The zero-order valence-corrected chi connectivity index (χ0v) is 13.4. The molecule has 0 fully saturated rings. The van der Waals surface area contributed by atoms with Crippen LogP contribution in [0.25, 0.3) is 0 Å². The van der Waals surface area contributed by atoms with Crippen LogP contribution in [0.2, 0.25) is 18.1 Å². The van der Waals surface area contributed by atoms with Gasteiger partial charge >= 0.3 is 0 Å². The molecule has 0 amide bonds. The molecule has 4 heteroatoms. The van der Waals surface area contributed by atoms with Crippen LogP contribution in [-0.2, 0) is 0 Å². The Bertz CT molecular complexity index is 450. The SMILES string of the molecule is C=CCOc1cccc(O[Si](C)(C)C(C)(C)C)c1F. The second-order valence-corrected chi connectivity index (χ2v) is 10.8. The van der Waals surface area contributed by atoms with Crippen LogP contribution in [0.15, 0.2) is 30.9 Å². The molecule has 0 aliphatic carbocycles. The summed E-state index contributed by atoms with van der Waals surface area (Å²) >= 11 is 0. The molecule has 0 aliphatic rings. The molecule has 0 N–H and O–H groups in total. The highest BCUT2D eigenvalue weighted by Crippen LogP contribution is 2.39. The first-order chi connectivity index (χ1) is 8.69. The summed E-state index contributed by atoms with van der Waals surface area (Å²) in [7, 11) is -2.05. The molecular weight excluding hydrogens is 259 g/mol. The summed E-state index contributed by atoms with van der Waals surface area (Å²) in [6, 6.07) is 4.98. The summed E-state index contributed by atoms with van der Waals surface area (Å²) in [5.74, 6) is 0.0402. The summed E-state index contributed by atoms with van der Waals surface area (Å²) in [4.78, 5) is 0. The fourth-order valence-electron chi connectivity index (χ4n) is 1.26. The van der Waals surface area contributed by atoms with Crippen molar-refractivity contribution < 1.29 is 13.6 Å². The molecule has 1 rings (SSSR count). The van der Waals surface area contributed by atoms with E-state index in [9.17, 15) is 4.39 Å². The van der Waals surface area contributed by atoms with E-state index in [4.69, 9.17) is 9.16 Å². The molecule has 19 heavy (non-hydrogen) atoms. The molecule has 0 saturated carbocycles. The first-order valence-electron chi connectivity index (χ1n) is 6.40. The van der Waals surface area contributed by atoms with Crippen molar-refractivity contribution in [2.75, 3.05) is 6.61 Å². The Morgan fingerprint density at radius 1 is 1.26 bits per heavy atom. The quantitative estimate of drug-likeness (QED) is 0.572. The van der Waals surface area contributed by atoms with Crippen LogP contribution in [0.5, 0.6) is 11.5 Å². The van der Waals surface area contributed by atoms with Gasteiger partial charge in [0.1, 0.15) is 12.4 Å². The van der Waals surface area contributed by atoms with E-state index in [-0.39, 0.29) is 23.1 Å². The molecular formula is C15H23FO2Si. The number of benzene rings is 1. The van der Waals surface area contributed by atoms with Crippen molar-refractivity contribution in [1.29, 1.82) is 0 Å². The van der Waals surface area contributed by atoms with Gasteiger partial charge in [-0.15, -0.1) is 0 Å². The van der Waals surface area contributed by atoms with Gasteiger partial charge in [-0.3, -0.25) is 0 Å². The van der Waals surface area contributed by atoms with E-state index in [0.29, 0.717) is 0 Å². The van der Waals surface area contributed by atoms with E-state index in [1.807, 2.05) is 0 Å². The van der Waals surface area contributed by atoms with Gasteiger partial charge in [0, 0.05) is 0 Å². The molecule has 0 unspecified atom stereocenters. The van der Waals surface area contributed by atoms with Gasteiger partial charge < -0.3 is 9.16 Å². The van der Waals surface area contributed by atoms with Crippen LogP contribution in [0.1, 0.15) is 20.8 Å². The Balaban J connectivity index is 2.99. The molecule has 0 saturated heterocycles. The third kappa shape index (κ3) is 3.83. The Labute approximate surface area is 116 Å². The summed E-state index contributed by atoms with van der Waals surface area (Å²) in [5, 5.41) is 0.0252. The highest BCUT2D eigenvalue weighted by Gasteiger charge is 2.39. The summed E-state index contributed by atoms with van der Waals surface area (Å²) in [5.41, 5.74) is 0.